The van der Waals surface area contributed by atoms with E-state index >= 15 is 0 Å². The van der Waals surface area contributed by atoms with Gasteiger partial charge in [0, 0.05) is 18.1 Å². The van der Waals surface area contributed by atoms with E-state index in [1.165, 1.54) is 24.6 Å². The van der Waals surface area contributed by atoms with Crippen LogP contribution < -0.4 is 5.56 Å². The van der Waals surface area contributed by atoms with Crippen molar-refractivity contribution >= 4 is 34.3 Å². The fourth-order valence-corrected chi connectivity index (χ4v) is 6.38. The SMILES string of the molecule is C[C@@H]1CCC[C@H](C)N1C(=O)CSc1nnc2n(C3CCCCC3)c(=O)c3ccccc3n12. The summed E-state index contributed by atoms with van der Waals surface area (Å²) in [4.78, 5) is 28.5. The quantitative estimate of drug-likeness (QED) is 0.547. The van der Waals surface area contributed by atoms with Crippen molar-refractivity contribution in [3.63, 3.8) is 0 Å². The largest absolute Gasteiger partial charge is 0.337 e. The molecule has 170 valence electrons. The van der Waals surface area contributed by atoms with Gasteiger partial charge >= 0.3 is 0 Å². The van der Waals surface area contributed by atoms with Gasteiger partial charge in [0.05, 0.1) is 16.7 Å². The fourth-order valence-electron chi connectivity index (χ4n) is 5.57. The summed E-state index contributed by atoms with van der Waals surface area (Å²) < 4.78 is 3.83. The average Bonchev–Trinajstić information content (AvgIpc) is 3.22. The lowest BCUT2D eigenvalue weighted by molar-refractivity contribution is -0.134. The summed E-state index contributed by atoms with van der Waals surface area (Å²) in [5.41, 5.74) is 0.815. The van der Waals surface area contributed by atoms with Gasteiger partial charge < -0.3 is 4.90 Å². The lowest BCUT2D eigenvalue weighted by Crippen LogP contribution is -2.48. The van der Waals surface area contributed by atoms with E-state index in [4.69, 9.17) is 0 Å². The summed E-state index contributed by atoms with van der Waals surface area (Å²) in [6.45, 7) is 4.28. The summed E-state index contributed by atoms with van der Waals surface area (Å²) in [7, 11) is 0. The van der Waals surface area contributed by atoms with Crippen LogP contribution in [0.2, 0.25) is 0 Å². The molecule has 2 aliphatic rings. The zero-order valence-electron chi connectivity index (χ0n) is 18.9. The standard InChI is InChI=1S/C24H31N5O2S/c1-16-9-8-10-17(2)27(16)21(30)15-32-24-26-25-23-28(18-11-4-3-5-12-18)22(31)19-13-6-7-14-20(19)29(23)24/h6-7,13-14,16-18H,3-5,8-12,15H2,1-2H3/t16-,17+. The highest BCUT2D eigenvalue weighted by Crippen LogP contribution is 2.31. The molecule has 0 bridgehead atoms. The minimum atomic E-state index is 0.0102. The summed E-state index contributed by atoms with van der Waals surface area (Å²) >= 11 is 1.42. The first-order valence-corrected chi connectivity index (χ1v) is 12.9. The fraction of sp³-hybridized carbons (Fsp3) is 0.583. The summed E-state index contributed by atoms with van der Waals surface area (Å²) in [6, 6.07) is 8.37. The Balaban J connectivity index is 1.53. The van der Waals surface area contributed by atoms with Crippen LogP contribution in [0.15, 0.2) is 34.2 Å². The molecule has 1 aromatic carbocycles. The Labute approximate surface area is 192 Å². The van der Waals surface area contributed by atoms with Crippen LogP contribution in [-0.4, -0.2) is 47.8 Å². The molecule has 2 fully saturated rings. The molecule has 1 aliphatic heterocycles. The van der Waals surface area contributed by atoms with E-state index in [1.54, 1.807) is 0 Å². The number of nitrogens with zero attached hydrogens (tertiary/aromatic N) is 5. The van der Waals surface area contributed by atoms with Crippen molar-refractivity contribution in [1.29, 1.82) is 0 Å². The lowest BCUT2D eigenvalue weighted by Gasteiger charge is -2.39. The lowest BCUT2D eigenvalue weighted by atomic mass is 9.95. The van der Waals surface area contributed by atoms with Gasteiger partial charge in [0.1, 0.15) is 0 Å². The Morgan fingerprint density at radius 3 is 2.47 bits per heavy atom. The van der Waals surface area contributed by atoms with Crippen molar-refractivity contribution in [2.45, 2.75) is 88.5 Å². The summed E-state index contributed by atoms with van der Waals surface area (Å²) in [6.07, 6.45) is 8.77. The third kappa shape index (κ3) is 3.72. The Morgan fingerprint density at radius 2 is 1.72 bits per heavy atom. The number of carbonyl (C=O) groups excluding carboxylic acids is 1. The van der Waals surface area contributed by atoms with Gasteiger partial charge in [-0.05, 0) is 58.1 Å². The van der Waals surface area contributed by atoms with E-state index < -0.39 is 0 Å². The van der Waals surface area contributed by atoms with Gasteiger partial charge in [-0.1, -0.05) is 43.2 Å². The van der Waals surface area contributed by atoms with Gasteiger partial charge in [-0.2, -0.15) is 0 Å². The monoisotopic (exact) mass is 453 g/mol. The zero-order valence-corrected chi connectivity index (χ0v) is 19.7. The zero-order chi connectivity index (χ0) is 22.2. The minimum Gasteiger partial charge on any atom is -0.337 e. The van der Waals surface area contributed by atoms with Gasteiger partial charge in [-0.15, -0.1) is 10.2 Å². The van der Waals surface area contributed by atoms with E-state index in [1.807, 2.05) is 38.1 Å². The Kier molecular flexibility index (Phi) is 5.97. The first kappa shape index (κ1) is 21.5. The second-order valence-corrected chi connectivity index (χ2v) is 10.3. The molecule has 8 heteroatoms. The number of para-hydroxylation sites is 1. The molecule has 1 aliphatic carbocycles. The van der Waals surface area contributed by atoms with Crippen molar-refractivity contribution in [2.75, 3.05) is 5.75 Å². The molecule has 2 aromatic heterocycles. The molecule has 0 N–H and O–H groups in total. The third-order valence-corrected chi connectivity index (χ3v) is 8.09. The number of likely N-dealkylation sites (tertiary alicyclic amines) is 1. The molecule has 5 rings (SSSR count). The molecule has 1 amide bonds. The van der Waals surface area contributed by atoms with E-state index in [2.05, 4.69) is 24.0 Å². The van der Waals surface area contributed by atoms with Crippen molar-refractivity contribution < 1.29 is 4.79 Å². The first-order chi connectivity index (χ1) is 15.6. The van der Waals surface area contributed by atoms with E-state index in [9.17, 15) is 9.59 Å². The Hall–Kier alpha value is -2.35. The van der Waals surface area contributed by atoms with Crippen molar-refractivity contribution in [1.82, 2.24) is 24.1 Å². The third-order valence-electron chi connectivity index (χ3n) is 7.17. The second kappa shape index (κ2) is 8.89. The molecule has 0 radical (unpaired) electrons. The highest BCUT2D eigenvalue weighted by Gasteiger charge is 2.29. The van der Waals surface area contributed by atoms with Gasteiger partial charge in [0.25, 0.3) is 5.56 Å². The summed E-state index contributed by atoms with van der Waals surface area (Å²) in [5, 5.41) is 10.2. The number of thioether (sulfide) groups is 1. The maximum absolute atomic E-state index is 13.4. The van der Waals surface area contributed by atoms with Crippen LogP contribution in [0.4, 0.5) is 0 Å². The van der Waals surface area contributed by atoms with Crippen molar-refractivity contribution in [3.05, 3.63) is 34.6 Å². The first-order valence-electron chi connectivity index (χ1n) is 11.9. The van der Waals surface area contributed by atoms with Crippen LogP contribution in [0.3, 0.4) is 0 Å². The number of amides is 1. The highest BCUT2D eigenvalue weighted by molar-refractivity contribution is 7.99. The number of carbonyl (C=O) groups is 1. The van der Waals surface area contributed by atoms with Crippen LogP contribution in [-0.2, 0) is 4.79 Å². The maximum Gasteiger partial charge on any atom is 0.263 e. The second-order valence-electron chi connectivity index (χ2n) is 9.32. The van der Waals surface area contributed by atoms with Crippen LogP contribution >= 0.6 is 11.8 Å². The molecule has 2 atom stereocenters. The number of piperidine rings is 1. The van der Waals surface area contributed by atoms with Crippen LogP contribution in [0.5, 0.6) is 0 Å². The minimum absolute atomic E-state index is 0.0102. The van der Waals surface area contributed by atoms with Gasteiger partial charge in [0.2, 0.25) is 11.7 Å². The molecular formula is C24H31N5O2S. The van der Waals surface area contributed by atoms with E-state index in [0.29, 0.717) is 22.1 Å². The predicted molar refractivity (Wildman–Crippen MR) is 127 cm³/mol. The number of hydrogen-bond donors (Lipinski definition) is 0. The van der Waals surface area contributed by atoms with Gasteiger partial charge in [-0.25, -0.2) is 0 Å². The molecule has 3 heterocycles. The number of hydrogen-bond acceptors (Lipinski definition) is 5. The van der Waals surface area contributed by atoms with Crippen LogP contribution in [0, 0.1) is 0 Å². The Morgan fingerprint density at radius 1 is 1.00 bits per heavy atom. The molecule has 32 heavy (non-hydrogen) atoms. The maximum atomic E-state index is 13.4. The number of fused-ring (bicyclic) bond motifs is 3. The number of rotatable bonds is 4. The number of aromatic nitrogens is 4. The predicted octanol–water partition coefficient (Wildman–Crippen LogP) is 4.43. The van der Waals surface area contributed by atoms with E-state index in [0.717, 1.165) is 44.0 Å². The summed E-state index contributed by atoms with van der Waals surface area (Å²) in [5.74, 6) is 1.07. The topological polar surface area (TPSA) is 72.5 Å². The molecule has 1 saturated heterocycles. The van der Waals surface area contributed by atoms with Crippen molar-refractivity contribution in [2.24, 2.45) is 0 Å². The van der Waals surface area contributed by atoms with E-state index in [-0.39, 0.29) is 29.6 Å². The molecular weight excluding hydrogens is 422 g/mol. The molecule has 0 spiro atoms. The number of benzene rings is 1. The molecule has 7 nitrogen and oxygen atoms in total. The Bertz CT molecular complexity index is 1190. The normalized spacial score (nSPS) is 22.6. The molecule has 0 unspecified atom stereocenters. The van der Waals surface area contributed by atoms with Crippen LogP contribution in [0.25, 0.3) is 16.7 Å². The molecule has 1 saturated carbocycles. The molecule has 3 aromatic rings. The van der Waals surface area contributed by atoms with Crippen LogP contribution in [0.1, 0.15) is 71.3 Å². The highest BCUT2D eigenvalue weighted by atomic mass is 32.2. The van der Waals surface area contributed by atoms with Crippen molar-refractivity contribution in [3.8, 4) is 0 Å². The van der Waals surface area contributed by atoms with Gasteiger partial charge in [0.15, 0.2) is 5.16 Å². The van der Waals surface area contributed by atoms with Gasteiger partial charge in [-0.3, -0.25) is 18.6 Å². The smallest absolute Gasteiger partial charge is 0.263 e. The average molecular weight is 454 g/mol.